The van der Waals surface area contributed by atoms with Gasteiger partial charge in [-0.25, -0.2) is 13.6 Å². The Morgan fingerprint density at radius 2 is 2.11 bits per heavy atom. The van der Waals surface area contributed by atoms with Crippen LogP contribution >= 0.6 is 0 Å². The number of hydrogen-bond donors (Lipinski definition) is 0. The minimum absolute atomic E-state index is 0.0176. The quantitative estimate of drug-likeness (QED) is 0.801. The zero-order valence-corrected chi connectivity index (χ0v) is 10.3. The standard InChI is InChI=1S/C13H11F2NO3/c1-7(13(17)18-2)19-11-3-4-16-12-9(11)5-8(14)6-10(12)15/h3-7H,1-2H3. The number of aromatic nitrogens is 1. The third-order valence-corrected chi connectivity index (χ3v) is 2.56. The molecule has 0 fully saturated rings. The van der Waals surface area contributed by atoms with Crippen LogP contribution in [-0.4, -0.2) is 24.2 Å². The zero-order chi connectivity index (χ0) is 14.0. The van der Waals surface area contributed by atoms with E-state index in [1.807, 2.05) is 0 Å². The number of carbonyl (C=O) groups is 1. The van der Waals surface area contributed by atoms with Crippen molar-refractivity contribution < 1.29 is 23.0 Å². The van der Waals surface area contributed by atoms with Crippen molar-refractivity contribution in [3.05, 3.63) is 36.0 Å². The second-order valence-electron chi connectivity index (χ2n) is 3.88. The smallest absolute Gasteiger partial charge is 0.346 e. The van der Waals surface area contributed by atoms with Gasteiger partial charge in [-0.1, -0.05) is 0 Å². The fraction of sp³-hybridized carbons (Fsp3) is 0.231. The summed E-state index contributed by atoms with van der Waals surface area (Å²) >= 11 is 0. The molecule has 1 atom stereocenters. The summed E-state index contributed by atoms with van der Waals surface area (Å²) in [5, 5.41) is 0.163. The first-order chi connectivity index (χ1) is 9.02. The molecule has 1 aromatic carbocycles. The van der Waals surface area contributed by atoms with E-state index in [9.17, 15) is 13.6 Å². The van der Waals surface area contributed by atoms with E-state index in [1.54, 1.807) is 0 Å². The summed E-state index contributed by atoms with van der Waals surface area (Å²) in [6, 6.07) is 3.27. The van der Waals surface area contributed by atoms with E-state index in [0.29, 0.717) is 0 Å². The molecule has 4 nitrogen and oxygen atoms in total. The van der Waals surface area contributed by atoms with Crippen molar-refractivity contribution in [3.8, 4) is 5.75 Å². The molecule has 19 heavy (non-hydrogen) atoms. The molecule has 0 bridgehead atoms. The van der Waals surface area contributed by atoms with Gasteiger partial charge in [0.2, 0.25) is 0 Å². The van der Waals surface area contributed by atoms with E-state index in [0.717, 1.165) is 12.1 Å². The number of fused-ring (bicyclic) bond motifs is 1. The maximum atomic E-state index is 13.5. The summed E-state index contributed by atoms with van der Waals surface area (Å²) in [5.41, 5.74) is -0.0176. The van der Waals surface area contributed by atoms with E-state index < -0.39 is 23.7 Å². The van der Waals surface area contributed by atoms with Gasteiger partial charge in [0.15, 0.2) is 11.9 Å². The Labute approximate surface area is 108 Å². The van der Waals surface area contributed by atoms with Crippen LogP contribution in [0.4, 0.5) is 8.78 Å². The Bertz CT molecular complexity index is 631. The third kappa shape index (κ3) is 2.62. The molecular weight excluding hydrogens is 256 g/mol. The lowest BCUT2D eigenvalue weighted by Crippen LogP contribution is -2.25. The lowest BCUT2D eigenvalue weighted by molar-refractivity contribution is -0.147. The first-order valence-corrected chi connectivity index (χ1v) is 5.51. The van der Waals surface area contributed by atoms with Crippen LogP contribution in [0.3, 0.4) is 0 Å². The summed E-state index contributed by atoms with van der Waals surface area (Å²) in [6.45, 7) is 1.48. The molecule has 0 aliphatic heterocycles. The van der Waals surface area contributed by atoms with Crippen LogP contribution in [0.1, 0.15) is 6.92 Å². The minimum Gasteiger partial charge on any atom is -0.478 e. The van der Waals surface area contributed by atoms with Crippen LogP contribution in [0.25, 0.3) is 10.9 Å². The predicted molar refractivity (Wildman–Crippen MR) is 63.8 cm³/mol. The van der Waals surface area contributed by atoms with Crippen molar-refractivity contribution in [2.45, 2.75) is 13.0 Å². The molecule has 0 saturated heterocycles. The number of pyridine rings is 1. The van der Waals surface area contributed by atoms with Crippen LogP contribution < -0.4 is 4.74 Å². The molecule has 2 rings (SSSR count). The summed E-state index contributed by atoms with van der Waals surface area (Å²) in [6.07, 6.45) is 0.435. The van der Waals surface area contributed by atoms with Crippen molar-refractivity contribution >= 4 is 16.9 Å². The second kappa shape index (κ2) is 5.17. The maximum Gasteiger partial charge on any atom is 0.346 e. The van der Waals surface area contributed by atoms with Crippen LogP contribution in [-0.2, 0) is 9.53 Å². The van der Waals surface area contributed by atoms with Gasteiger partial charge in [0.05, 0.1) is 7.11 Å². The number of benzene rings is 1. The number of ether oxygens (including phenoxy) is 2. The van der Waals surface area contributed by atoms with E-state index in [-0.39, 0.29) is 16.7 Å². The molecule has 0 saturated carbocycles. The first kappa shape index (κ1) is 13.2. The molecule has 1 aromatic heterocycles. The van der Waals surface area contributed by atoms with Crippen molar-refractivity contribution in [2.24, 2.45) is 0 Å². The number of carbonyl (C=O) groups excluding carboxylic acids is 1. The lowest BCUT2D eigenvalue weighted by Gasteiger charge is -2.14. The predicted octanol–water partition coefficient (Wildman–Crippen LogP) is 2.45. The fourth-order valence-electron chi connectivity index (χ4n) is 1.66. The molecule has 0 N–H and O–H groups in total. The molecule has 0 radical (unpaired) electrons. The van der Waals surface area contributed by atoms with Gasteiger partial charge in [0.1, 0.15) is 17.1 Å². The topological polar surface area (TPSA) is 48.4 Å². The molecule has 0 aliphatic rings. The molecule has 1 unspecified atom stereocenters. The summed E-state index contributed by atoms with van der Waals surface area (Å²) in [4.78, 5) is 15.1. The number of methoxy groups -OCH3 is 1. The molecular formula is C13H11F2NO3. The number of halogens is 2. The summed E-state index contributed by atoms with van der Waals surface area (Å²) in [5.74, 6) is -1.94. The number of nitrogens with zero attached hydrogens (tertiary/aromatic N) is 1. The van der Waals surface area contributed by atoms with Crippen LogP contribution in [0, 0.1) is 11.6 Å². The average Bonchev–Trinajstić information content (AvgIpc) is 2.38. The lowest BCUT2D eigenvalue weighted by atomic mass is 10.2. The van der Waals surface area contributed by atoms with Crippen LogP contribution in [0.5, 0.6) is 5.75 Å². The van der Waals surface area contributed by atoms with Gasteiger partial charge in [-0.3, -0.25) is 4.98 Å². The minimum atomic E-state index is -0.887. The van der Waals surface area contributed by atoms with Gasteiger partial charge in [-0.15, -0.1) is 0 Å². The largest absolute Gasteiger partial charge is 0.478 e. The van der Waals surface area contributed by atoms with Crippen LogP contribution in [0.15, 0.2) is 24.4 Å². The zero-order valence-electron chi connectivity index (χ0n) is 10.3. The molecule has 0 amide bonds. The van der Waals surface area contributed by atoms with E-state index >= 15 is 0 Å². The first-order valence-electron chi connectivity index (χ1n) is 5.51. The normalized spacial score (nSPS) is 12.2. The SMILES string of the molecule is COC(=O)C(C)Oc1ccnc2c(F)cc(F)cc12. The monoisotopic (exact) mass is 267 g/mol. The molecule has 0 spiro atoms. The molecule has 0 aliphatic carbocycles. The van der Waals surface area contributed by atoms with Gasteiger partial charge in [0.25, 0.3) is 0 Å². The maximum absolute atomic E-state index is 13.5. The molecule has 2 aromatic rings. The van der Waals surface area contributed by atoms with Crippen molar-refractivity contribution in [2.75, 3.05) is 7.11 Å². The van der Waals surface area contributed by atoms with E-state index in [4.69, 9.17) is 4.74 Å². The highest BCUT2D eigenvalue weighted by Gasteiger charge is 2.17. The summed E-state index contributed by atoms with van der Waals surface area (Å²) < 4.78 is 36.6. The molecule has 100 valence electrons. The number of rotatable bonds is 3. The van der Waals surface area contributed by atoms with Gasteiger partial charge >= 0.3 is 5.97 Å². The summed E-state index contributed by atoms with van der Waals surface area (Å²) in [7, 11) is 1.23. The highest BCUT2D eigenvalue weighted by molar-refractivity contribution is 5.86. The Balaban J connectivity index is 2.46. The Morgan fingerprint density at radius 1 is 1.37 bits per heavy atom. The molecule has 6 heteroatoms. The second-order valence-corrected chi connectivity index (χ2v) is 3.88. The Morgan fingerprint density at radius 3 is 2.79 bits per heavy atom. The van der Waals surface area contributed by atoms with Gasteiger partial charge in [0, 0.05) is 17.6 Å². The van der Waals surface area contributed by atoms with Crippen molar-refractivity contribution in [1.29, 1.82) is 0 Å². The van der Waals surface area contributed by atoms with Crippen LogP contribution in [0.2, 0.25) is 0 Å². The van der Waals surface area contributed by atoms with Gasteiger partial charge < -0.3 is 9.47 Å². The van der Waals surface area contributed by atoms with Gasteiger partial charge in [-0.05, 0) is 19.1 Å². The Kier molecular flexibility index (Phi) is 3.59. The fourth-order valence-corrected chi connectivity index (χ4v) is 1.66. The van der Waals surface area contributed by atoms with E-state index in [2.05, 4.69) is 9.72 Å². The van der Waals surface area contributed by atoms with E-state index in [1.165, 1.54) is 26.3 Å². The highest BCUT2D eigenvalue weighted by Crippen LogP contribution is 2.27. The molecule has 1 heterocycles. The van der Waals surface area contributed by atoms with Crippen molar-refractivity contribution in [1.82, 2.24) is 4.98 Å². The van der Waals surface area contributed by atoms with Gasteiger partial charge in [-0.2, -0.15) is 0 Å². The van der Waals surface area contributed by atoms with Crippen molar-refractivity contribution in [3.63, 3.8) is 0 Å². The number of hydrogen-bond acceptors (Lipinski definition) is 4. The highest BCUT2D eigenvalue weighted by atomic mass is 19.1. The Hall–Kier alpha value is -2.24. The average molecular weight is 267 g/mol. The third-order valence-electron chi connectivity index (χ3n) is 2.56. The number of esters is 1.